The highest BCUT2D eigenvalue weighted by molar-refractivity contribution is 6.30. The molecule has 0 aliphatic carbocycles. The molecule has 2 aromatic heterocycles. The topological polar surface area (TPSA) is 98.9 Å². The average Bonchev–Trinajstić information content (AvgIpc) is 2.78. The fraction of sp³-hybridized carbons (Fsp3) is 0.0455. The van der Waals surface area contributed by atoms with Crippen molar-refractivity contribution in [2.24, 2.45) is 0 Å². The SMILES string of the molecule is O=C(Nc1cccc(F)c1)c1nn(-c2ccc(Cl)cc2)c(=O)n(Cc2cccnc2)c1=O. The minimum Gasteiger partial charge on any atom is -0.320 e. The molecule has 0 radical (unpaired) electrons. The van der Waals surface area contributed by atoms with Gasteiger partial charge in [0.05, 0.1) is 12.2 Å². The Bertz CT molecular complexity index is 1400. The Balaban J connectivity index is 1.84. The van der Waals surface area contributed by atoms with E-state index < -0.39 is 28.7 Å². The summed E-state index contributed by atoms with van der Waals surface area (Å²) >= 11 is 5.92. The van der Waals surface area contributed by atoms with E-state index in [0.29, 0.717) is 16.3 Å². The van der Waals surface area contributed by atoms with E-state index in [1.807, 2.05) is 0 Å². The van der Waals surface area contributed by atoms with Crippen molar-refractivity contribution in [2.75, 3.05) is 5.32 Å². The fourth-order valence-corrected chi connectivity index (χ4v) is 3.10. The van der Waals surface area contributed by atoms with E-state index in [1.165, 1.54) is 36.5 Å². The Hall–Kier alpha value is -4.11. The lowest BCUT2D eigenvalue weighted by Gasteiger charge is -2.12. The first kappa shape index (κ1) is 21.1. The molecule has 32 heavy (non-hydrogen) atoms. The molecule has 0 unspecified atom stereocenters. The van der Waals surface area contributed by atoms with Crippen molar-refractivity contribution in [3.05, 3.63) is 116 Å². The average molecular weight is 452 g/mol. The van der Waals surface area contributed by atoms with E-state index in [-0.39, 0.29) is 12.2 Å². The van der Waals surface area contributed by atoms with E-state index in [0.717, 1.165) is 15.3 Å². The summed E-state index contributed by atoms with van der Waals surface area (Å²) in [5.74, 6) is -1.45. The largest absolute Gasteiger partial charge is 0.352 e. The molecule has 160 valence electrons. The van der Waals surface area contributed by atoms with Crippen LogP contribution in [0.1, 0.15) is 16.1 Å². The number of carbonyl (C=O) groups excluding carboxylic acids is 1. The second-order valence-electron chi connectivity index (χ2n) is 6.74. The zero-order valence-electron chi connectivity index (χ0n) is 16.4. The monoisotopic (exact) mass is 451 g/mol. The van der Waals surface area contributed by atoms with Gasteiger partial charge < -0.3 is 5.32 Å². The van der Waals surface area contributed by atoms with Crippen molar-refractivity contribution in [3.8, 4) is 5.69 Å². The predicted octanol–water partition coefficient (Wildman–Crippen LogP) is 2.88. The molecule has 0 fully saturated rings. The van der Waals surface area contributed by atoms with E-state index in [2.05, 4.69) is 15.4 Å². The number of halogens is 2. The molecule has 8 nitrogen and oxygen atoms in total. The lowest BCUT2D eigenvalue weighted by atomic mass is 10.2. The highest BCUT2D eigenvalue weighted by atomic mass is 35.5. The number of nitrogens with zero attached hydrogens (tertiary/aromatic N) is 4. The predicted molar refractivity (Wildman–Crippen MR) is 117 cm³/mol. The van der Waals surface area contributed by atoms with Crippen molar-refractivity contribution in [1.29, 1.82) is 0 Å². The molecule has 0 spiro atoms. The molecule has 2 aromatic carbocycles. The summed E-state index contributed by atoms with van der Waals surface area (Å²) in [6, 6.07) is 14.7. The molecule has 1 N–H and O–H groups in total. The smallest absolute Gasteiger partial charge is 0.320 e. The molecule has 1 amide bonds. The van der Waals surface area contributed by atoms with Crippen LogP contribution in [0.2, 0.25) is 5.02 Å². The van der Waals surface area contributed by atoms with Crippen LogP contribution in [-0.4, -0.2) is 25.2 Å². The molecule has 4 rings (SSSR count). The highest BCUT2D eigenvalue weighted by Gasteiger charge is 2.21. The maximum Gasteiger partial charge on any atom is 0.352 e. The Labute approximate surface area is 185 Å². The van der Waals surface area contributed by atoms with Gasteiger partial charge in [0.1, 0.15) is 5.82 Å². The first-order valence-electron chi connectivity index (χ1n) is 9.38. The maximum absolute atomic E-state index is 13.5. The Morgan fingerprint density at radius 1 is 1.06 bits per heavy atom. The van der Waals surface area contributed by atoms with Crippen molar-refractivity contribution >= 4 is 23.2 Å². The van der Waals surface area contributed by atoms with Crippen LogP contribution < -0.4 is 16.6 Å². The van der Waals surface area contributed by atoms with Gasteiger partial charge in [0.15, 0.2) is 0 Å². The van der Waals surface area contributed by atoms with E-state index in [1.54, 1.807) is 30.5 Å². The van der Waals surface area contributed by atoms with Gasteiger partial charge in [-0.15, -0.1) is 0 Å². The molecular formula is C22H15ClFN5O3. The third-order valence-corrected chi connectivity index (χ3v) is 4.74. The van der Waals surface area contributed by atoms with Gasteiger partial charge in [0.25, 0.3) is 11.5 Å². The molecule has 4 aromatic rings. The number of anilines is 1. The minimum absolute atomic E-state index is 0.123. The first-order valence-corrected chi connectivity index (χ1v) is 9.76. The number of hydrogen-bond acceptors (Lipinski definition) is 5. The quantitative estimate of drug-likeness (QED) is 0.503. The van der Waals surface area contributed by atoms with Crippen molar-refractivity contribution in [2.45, 2.75) is 6.54 Å². The minimum atomic E-state index is -0.891. The molecule has 0 saturated heterocycles. The third kappa shape index (κ3) is 4.47. The van der Waals surface area contributed by atoms with Crippen LogP contribution in [-0.2, 0) is 6.54 Å². The number of benzene rings is 2. The lowest BCUT2D eigenvalue weighted by molar-refractivity contribution is 0.101. The van der Waals surface area contributed by atoms with Crippen LogP contribution in [0.4, 0.5) is 10.1 Å². The maximum atomic E-state index is 13.5. The molecular weight excluding hydrogens is 437 g/mol. The molecule has 0 aliphatic heterocycles. The zero-order valence-corrected chi connectivity index (χ0v) is 17.2. The number of pyridine rings is 1. The number of amides is 1. The Morgan fingerprint density at radius 2 is 1.84 bits per heavy atom. The van der Waals surface area contributed by atoms with Crippen LogP contribution in [0.3, 0.4) is 0 Å². The van der Waals surface area contributed by atoms with Crippen molar-refractivity contribution in [1.82, 2.24) is 19.3 Å². The van der Waals surface area contributed by atoms with E-state index in [4.69, 9.17) is 11.6 Å². The standard InChI is InChI=1S/C22H15ClFN5O3/c23-15-6-8-18(9-7-15)29-22(32)28(13-14-3-2-10-25-12-14)21(31)19(27-29)20(30)26-17-5-1-4-16(24)11-17/h1-12H,13H2,(H,26,30). The lowest BCUT2D eigenvalue weighted by Crippen LogP contribution is -2.45. The number of rotatable bonds is 5. The van der Waals surface area contributed by atoms with Crippen molar-refractivity contribution in [3.63, 3.8) is 0 Å². The number of aromatic nitrogens is 4. The van der Waals surface area contributed by atoms with Crippen LogP contribution >= 0.6 is 11.6 Å². The molecule has 2 heterocycles. The summed E-state index contributed by atoms with van der Waals surface area (Å²) in [5.41, 5.74) is -1.15. The number of carbonyl (C=O) groups is 1. The highest BCUT2D eigenvalue weighted by Crippen LogP contribution is 2.12. The van der Waals surface area contributed by atoms with Crippen molar-refractivity contribution < 1.29 is 9.18 Å². The molecule has 0 atom stereocenters. The summed E-state index contributed by atoms with van der Waals surface area (Å²) in [7, 11) is 0. The summed E-state index contributed by atoms with van der Waals surface area (Å²) in [6.07, 6.45) is 3.06. The Kier molecular flexibility index (Phi) is 5.91. The molecule has 0 saturated carbocycles. The summed E-state index contributed by atoms with van der Waals surface area (Å²) in [4.78, 5) is 43.0. The molecule has 10 heteroatoms. The Morgan fingerprint density at radius 3 is 2.53 bits per heavy atom. The second-order valence-corrected chi connectivity index (χ2v) is 7.17. The van der Waals surface area contributed by atoms with Gasteiger partial charge >= 0.3 is 5.69 Å². The second kappa shape index (κ2) is 8.94. The number of hydrogen-bond donors (Lipinski definition) is 1. The van der Waals surface area contributed by atoms with Gasteiger partial charge in [-0.3, -0.25) is 19.1 Å². The normalized spacial score (nSPS) is 10.7. The van der Waals surface area contributed by atoms with Gasteiger partial charge in [-0.1, -0.05) is 23.7 Å². The van der Waals surface area contributed by atoms with Crippen LogP contribution in [0.5, 0.6) is 0 Å². The van der Waals surface area contributed by atoms with Crippen LogP contribution in [0.25, 0.3) is 5.69 Å². The summed E-state index contributed by atoms with van der Waals surface area (Å²) < 4.78 is 15.3. The van der Waals surface area contributed by atoms with E-state index in [9.17, 15) is 18.8 Å². The first-order chi connectivity index (χ1) is 15.4. The zero-order chi connectivity index (χ0) is 22.7. The number of nitrogens with one attached hydrogen (secondary N) is 1. The molecule has 0 aliphatic rings. The van der Waals surface area contributed by atoms with Gasteiger partial charge in [0.2, 0.25) is 5.69 Å². The fourth-order valence-electron chi connectivity index (χ4n) is 2.98. The van der Waals surface area contributed by atoms with Gasteiger partial charge in [-0.2, -0.15) is 9.78 Å². The third-order valence-electron chi connectivity index (χ3n) is 4.49. The summed E-state index contributed by atoms with van der Waals surface area (Å²) in [6.45, 7) is -0.123. The van der Waals surface area contributed by atoms with Gasteiger partial charge in [-0.05, 0) is 54.1 Å². The van der Waals surface area contributed by atoms with E-state index >= 15 is 0 Å². The summed E-state index contributed by atoms with van der Waals surface area (Å²) in [5, 5.41) is 6.87. The van der Waals surface area contributed by atoms with Crippen LogP contribution in [0, 0.1) is 5.82 Å². The molecule has 0 bridgehead atoms. The van der Waals surface area contributed by atoms with Gasteiger partial charge in [0, 0.05) is 23.1 Å². The van der Waals surface area contributed by atoms with Crippen LogP contribution in [0.15, 0.2) is 82.6 Å². The van der Waals surface area contributed by atoms with Gasteiger partial charge in [-0.25, -0.2) is 9.18 Å².